The van der Waals surface area contributed by atoms with Crippen molar-refractivity contribution in [3.63, 3.8) is 0 Å². The highest BCUT2D eigenvalue weighted by molar-refractivity contribution is 7.98. The molecule has 0 unspecified atom stereocenters. The van der Waals surface area contributed by atoms with E-state index in [-0.39, 0.29) is 4.90 Å². The van der Waals surface area contributed by atoms with Gasteiger partial charge in [0.15, 0.2) is 0 Å². The van der Waals surface area contributed by atoms with E-state index in [2.05, 4.69) is 20.0 Å². The highest BCUT2D eigenvalue weighted by Crippen LogP contribution is 2.32. The van der Waals surface area contributed by atoms with Gasteiger partial charge >= 0.3 is 0 Å². The third-order valence-corrected chi connectivity index (χ3v) is 6.43. The normalized spacial score (nSPS) is 11.5. The van der Waals surface area contributed by atoms with Crippen LogP contribution in [0.3, 0.4) is 0 Å². The molecule has 3 rings (SSSR count). The molecule has 1 heterocycles. The standard InChI is InChI=1S/C20H25N5O3S2/c1-21-30(26,27)15-6-8-19(25(2)3)18(12-15)24-20-16-7-5-14(28-9-10-29-4)11-17(16)22-13-23-20/h5-8,11-13,21H,9-10H2,1-4H3,(H,22,23,24). The van der Waals surface area contributed by atoms with Crippen LogP contribution in [-0.4, -0.2) is 58.1 Å². The van der Waals surface area contributed by atoms with Crippen molar-refractivity contribution in [1.29, 1.82) is 0 Å². The summed E-state index contributed by atoms with van der Waals surface area (Å²) < 4.78 is 32.6. The van der Waals surface area contributed by atoms with Gasteiger partial charge in [-0.3, -0.25) is 0 Å². The van der Waals surface area contributed by atoms with E-state index in [0.29, 0.717) is 18.1 Å². The van der Waals surface area contributed by atoms with Gasteiger partial charge in [0.05, 0.1) is 28.4 Å². The molecule has 2 N–H and O–H groups in total. The van der Waals surface area contributed by atoms with E-state index in [9.17, 15) is 8.42 Å². The van der Waals surface area contributed by atoms with E-state index in [1.165, 1.54) is 13.4 Å². The lowest BCUT2D eigenvalue weighted by Gasteiger charge is -2.20. The fraction of sp³-hybridized carbons (Fsp3) is 0.300. The van der Waals surface area contributed by atoms with E-state index in [4.69, 9.17) is 4.74 Å². The smallest absolute Gasteiger partial charge is 0.240 e. The molecule has 3 aromatic rings. The Morgan fingerprint density at radius 1 is 1.13 bits per heavy atom. The molecule has 0 amide bonds. The van der Waals surface area contributed by atoms with Crippen molar-refractivity contribution in [2.75, 3.05) is 50.0 Å². The van der Waals surface area contributed by atoms with Gasteiger partial charge in [-0.1, -0.05) is 0 Å². The summed E-state index contributed by atoms with van der Waals surface area (Å²) in [5.74, 6) is 2.24. The van der Waals surface area contributed by atoms with Crippen LogP contribution in [-0.2, 0) is 10.0 Å². The van der Waals surface area contributed by atoms with E-state index in [0.717, 1.165) is 28.1 Å². The zero-order valence-corrected chi connectivity index (χ0v) is 19.0. The van der Waals surface area contributed by atoms with Gasteiger partial charge < -0.3 is 15.0 Å². The van der Waals surface area contributed by atoms with Gasteiger partial charge in [0, 0.05) is 31.3 Å². The molecular weight excluding hydrogens is 422 g/mol. The number of ether oxygens (including phenoxy) is 1. The third kappa shape index (κ3) is 4.94. The lowest BCUT2D eigenvalue weighted by molar-refractivity contribution is 0.344. The van der Waals surface area contributed by atoms with E-state index in [1.807, 2.05) is 43.5 Å². The first-order valence-electron chi connectivity index (χ1n) is 9.24. The predicted molar refractivity (Wildman–Crippen MR) is 124 cm³/mol. The summed E-state index contributed by atoms with van der Waals surface area (Å²) in [6, 6.07) is 10.6. The third-order valence-electron chi connectivity index (χ3n) is 4.45. The number of fused-ring (bicyclic) bond motifs is 1. The van der Waals surface area contributed by atoms with Gasteiger partial charge in [-0.2, -0.15) is 11.8 Å². The maximum Gasteiger partial charge on any atom is 0.240 e. The molecule has 0 bridgehead atoms. The molecule has 1 aromatic heterocycles. The van der Waals surface area contributed by atoms with Gasteiger partial charge in [0.2, 0.25) is 10.0 Å². The second-order valence-corrected chi connectivity index (χ2v) is 9.52. The first kappa shape index (κ1) is 22.1. The van der Waals surface area contributed by atoms with E-state index in [1.54, 1.807) is 30.0 Å². The number of sulfonamides is 1. The van der Waals surface area contributed by atoms with Gasteiger partial charge in [-0.25, -0.2) is 23.1 Å². The average Bonchev–Trinajstić information content (AvgIpc) is 2.73. The second-order valence-electron chi connectivity index (χ2n) is 6.65. The van der Waals surface area contributed by atoms with Crippen molar-refractivity contribution in [2.24, 2.45) is 0 Å². The molecule has 0 aliphatic heterocycles. The number of thioether (sulfide) groups is 1. The lowest BCUT2D eigenvalue weighted by atomic mass is 10.2. The molecule has 0 saturated heterocycles. The second kappa shape index (κ2) is 9.50. The quantitative estimate of drug-likeness (QED) is 0.483. The van der Waals surface area contributed by atoms with Crippen LogP contribution in [0.2, 0.25) is 0 Å². The predicted octanol–water partition coefficient (Wildman–Crippen LogP) is 3.09. The summed E-state index contributed by atoms with van der Waals surface area (Å²) in [6.07, 6.45) is 3.51. The SMILES string of the molecule is CNS(=O)(=O)c1ccc(N(C)C)c(Nc2ncnc3cc(OCCSC)ccc23)c1. The van der Waals surface area contributed by atoms with Crippen LogP contribution in [0, 0.1) is 0 Å². The molecule has 160 valence electrons. The molecule has 0 saturated carbocycles. The topological polar surface area (TPSA) is 96.5 Å². The molecule has 2 aromatic carbocycles. The molecule has 8 nitrogen and oxygen atoms in total. The average molecular weight is 448 g/mol. The van der Waals surface area contributed by atoms with Crippen molar-refractivity contribution in [2.45, 2.75) is 4.90 Å². The number of nitrogens with zero attached hydrogens (tertiary/aromatic N) is 3. The van der Waals surface area contributed by atoms with Crippen molar-refractivity contribution < 1.29 is 13.2 Å². The van der Waals surface area contributed by atoms with Crippen LogP contribution in [0.25, 0.3) is 10.9 Å². The largest absolute Gasteiger partial charge is 0.493 e. The summed E-state index contributed by atoms with van der Waals surface area (Å²) in [4.78, 5) is 10.8. The van der Waals surface area contributed by atoms with Crippen molar-refractivity contribution >= 4 is 49.9 Å². The van der Waals surface area contributed by atoms with Gasteiger partial charge in [-0.05, 0) is 43.6 Å². The number of hydrogen-bond donors (Lipinski definition) is 2. The molecule has 0 radical (unpaired) electrons. The highest BCUT2D eigenvalue weighted by Gasteiger charge is 2.16. The summed E-state index contributed by atoms with van der Waals surface area (Å²) in [5.41, 5.74) is 2.19. The van der Waals surface area contributed by atoms with E-state index < -0.39 is 10.0 Å². The van der Waals surface area contributed by atoms with Crippen LogP contribution >= 0.6 is 11.8 Å². The number of anilines is 3. The lowest BCUT2D eigenvalue weighted by Crippen LogP contribution is -2.19. The summed E-state index contributed by atoms with van der Waals surface area (Å²) >= 11 is 1.72. The molecule has 0 aliphatic carbocycles. The van der Waals surface area contributed by atoms with Crippen molar-refractivity contribution in [3.8, 4) is 5.75 Å². The maximum atomic E-state index is 12.3. The molecule has 0 spiro atoms. The Morgan fingerprint density at radius 2 is 1.93 bits per heavy atom. The zero-order valence-electron chi connectivity index (χ0n) is 17.3. The van der Waals surface area contributed by atoms with Crippen molar-refractivity contribution in [1.82, 2.24) is 14.7 Å². The van der Waals surface area contributed by atoms with E-state index >= 15 is 0 Å². The molecule has 0 fully saturated rings. The van der Waals surface area contributed by atoms with Crippen molar-refractivity contribution in [3.05, 3.63) is 42.7 Å². The van der Waals surface area contributed by atoms with Crippen LogP contribution in [0.15, 0.2) is 47.6 Å². The number of aromatic nitrogens is 2. The maximum absolute atomic E-state index is 12.3. The number of hydrogen-bond acceptors (Lipinski definition) is 8. The summed E-state index contributed by atoms with van der Waals surface area (Å²) in [7, 11) is 1.60. The highest BCUT2D eigenvalue weighted by atomic mass is 32.2. The Hall–Kier alpha value is -2.56. The first-order valence-corrected chi connectivity index (χ1v) is 12.1. The minimum absolute atomic E-state index is 0.168. The Morgan fingerprint density at radius 3 is 2.63 bits per heavy atom. The number of benzene rings is 2. The minimum atomic E-state index is -3.57. The Bertz CT molecular complexity index is 1140. The molecule has 0 aliphatic rings. The Labute approximate surface area is 181 Å². The fourth-order valence-corrected chi connectivity index (χ4v) is 3.89. The van der Waals surface area contributed by atoms with Crippen LogP contribution in [0.4, 0.5) is 17.2 Å². The number of rotatable bonds is 9. The molecule has 10 heteroatoms. The van der Waals surface area contributed by atoms with Crippen LogP contribution in [0.5, 0.6) is 5.75 Å². The molecule has 0 atom stereocenters. The molecule has 30 heavy (non-hydrogen) atoms. The fourth-order valence-electron chi connectivity index (χ4n) is 2.89. The molecular formula is C20H25N5O3S2. The minimum Gasteiger partial charge on any atom is -0.493 e. The van der Waals surface area contributed by atoms with Gasteiger partial charge in [-0.15, -0.1) is 0 Å². The number of nitrogens with one attached hydrogen (secondary N) is 2. The van der Waals surface area contributed by atoms with Crippen LogP contribution in [0.1, 0.15) is 0 Å². The van der Waals surface area contributed by atoms with Crippen LogP contribution < -0.4 is 19.7 Å². The Kier molecular flexibility index (Phi) is 7.01. The van der Waals surface area contributed by atoms with Gasteiger partial charge in [0.1, 0.15) is 17.9 Å². The monoisotopic (exact) mass is 447 g/mol. The summed E-state index contributed by atoms with van der Waals surface area (Å²) in [5, 5.41) is 4.08. The first-order chi connectivity index (χ1) is 14.4. The Balaban J connectivity index is 2.00. The van der Waals surface area contributed by atoms with Gasteiger partial charge in [0.25, 0.3) is 0 Å². The zero-order chi connectivity index (χ0) is 21.7. The summed E-state index contributed by atoms with van der Waals surface area (Å²) in [6.45, 7) is 0.627.